The predicted molar refractivity (Wildman–Crippen MR) is 199 cm³/mol. The largest absolute Gasteiger partial charge is 0.443 e. The predicted octanol–water partition coefficient (Wildman–Crippen LogP) is 12.0. The molecule has 0 aliphatic heterocycles. The van der Waals surface area contributed by atoms with Crippen molar-refractivity contribution < 1.29 is 4.42 Å². The van der Waals surface area contributed by atoms with Gasteiger partial charge in [0.05, 0.1) is 11.4 Å². The third-order valence-corrected chi connectivity index (χ3v) is 11.8. The van der Waals surface area contributed by atoms with Gasteiger partial charge in [0, 0.05) is 22.3 Å². The highest BCUT2D eigenvalue weighted by molar-refractivity contribution is 5.93. The standard InChI is InChI=1S/C46H38N2O/c1-3-7-37(8-4-1)42-24-39(25-43(48-42)38-9-5-2-6-10-38)35-13-11-33(12-14-35)34-15-17-36(18-16-34)40-19-20-41(45-44(40)47-29-49-45)46-26-30-21-31(27-46)23-32(22-30)28-46/h1-20,24-25,29-32H,21-23,26-28H2. The van der Waals surface area contributed by atoms with Crippen LogP contribution in [0.15, 0.2) is 144 Å². The van der Waals surface area contributed by atoms with Crippen LogP contribution in [0.4, 0.5) is 0 Å². The summed E-state index contributed by atoms with van der Waals surface area (Å²) in [5.74, 6) is 2.69. The maximum Gasteiger partial charge on any atom is 0.182 e. The van der Waals surface area contributed by atoms with E-state index in [-0.39, 0.29) is 5.41 Å². The van der Waals surface area contributed by atoms with Gasteiger partial charge in [-0.3, -0.25) is 0 Å². The first-order valence-electron chi connectivity index (χ1n) is 17.9. The fraction of sp³-hybridized carbons (Fsp3) is 0.217. The maximum absolute atomic E-state index is 6.19. The Kier molecular flexibility index (Phi) is 6.69. The third kappa shape index (κ3) is 5.03. The van der Waals surface area contributed by atoms with Gasteiger partial charge in [-0.05, 0) is 102 Å². The smallest absolute Gasteiger partial charge is 0.182 e. The summed E-state index contributed by atoms with van der Waals surface area (Å²) in [6.07, 6.45) is 9.96. The molecule has 2 heterocycles. The Morgan fingerprint density at radius 3 is 1.51 bits per heavy atom. The lowest BCUT2D eigenvalue weighted by Crippen LogP contribution is -2.48. The quantitative estimate of drug-likeness (QED) is 0.183. The van der Waals surface area contributed by atoms with Crippen molar-refractivity contribution in [3.63, 3.8) is 0 Å². The van der Waals surface area contributed by atoms with Gasteiger partial charge in [0.1, 0.15) is 5.52 Å². The highest BCUT2D eigenvalue weighted by Crippen LogP contribution is 2.61. The van der Waals surface area contributed by atoms with Crippen LogP contribution in [0.5, 0.6) is 0 Å². The topological polar surface area (TPSA) is 38.9 Å². The second-order valence-corrected chi connectivity index (χ2v) is 14.9. The molecule has 4 aliphatic rings. The molecule has 238 valence electrons. The lowest BCUT2D eigenvalue weighted by Gasteiger charge is -2.57. The van der Waals surface area contributed by atoms with Crippen LogP contribution in [0.1, 0.15) is 44.1 Å². The van der Waals surface area contributed by atoms with Crippen molar-refractivity contribution >= 4 is 11.1 Å². The van der Waals surface area contributed by atoms with Gasteiger partial charge in [-0.1, -0.05) is 121 Å². The van der Waals surface area contributed by atoms with Crippen LogP contribution in [0, 0.1) is 17.8 Å². The summed E-state index contributed by atoms with van der Waals surface area (Å²) < 4.78 is 6.19. The van der Waals surface area contributed by atoms with Gasteiger partial charge in [0.2, 0.25) is 0 Å². The van der Waals surface area contributed by atoms with Gasteiger partial charge in [-0.25, -0.2) is 9.97 Å². The van der Waals surface area contributed by atoms with Crippen LogP contribution < -0.4 is 0 Å². The molecule has 3 nitrogen and oxygen atoms in total. The summed E-state index contributed by atoms with van der Waals surface area (Å²) in [4.78, 5) is 9.83. The molecule has 11 rings (SSSR count). The van der Waals surface area contributed by atoms with E-state index in [0.29, 0.717) is 0 Å². The number of nitrogens with zero attached hydrogens (tertiary/aromatic N) is 2. The Labute approximate surface area is 287 Å². The minimum absolute atomic E-state index is 0.281. The zero-order valence-electron chi connectivity index (χ0n) is 27.6. The minimum atomic E-state index is 0.281. The van der Waals surface area contributed by atoms with Crippen LogP contribution in [0.2, 0.25) is 0 Å². The van der Waals surface area contributed by atoms with Gasteiger partial charge < -0.3 is 4.42 Å². The van der Waals surface area contributed by atoms with Gasteiger partial charge >= 0.3 is 0 Å². The van der Waals surface area contributed by atoms with Crippen molar-refractivity contribution in [1.82, 2.24) is 9.97 Å². The van der Waals surface area contributed by atoms with E-state index >= 15 is 0 Å². The number of hydrogen-bond donors (Lipinski definition) is 0. The highest BCUT2D eigenvalue weighted by atomic mass is 16.3. The summed E-state index contributed by atoms with van der Waals surface area (Å²) >= 11 is 0. The highest BCUT2D eigenvalue weighted by Gasteiger charge is 2.52. The molecule has 4 saturated carbocycles. The molecule has 0 amide bonds. The number of hydrogen-bond acceptors (Lipinski definition) is 3. The van der Waals surface area contributed by atoms with Crippen LogP contribution >= 0.6 is 0 Å². The summed E-state index contributed by atoms with van der Waals surface area (Å²) in [6, 6.07) is 47.8. The van der Waals surface area contributed by atoms with Crippen molar-refractivity contribution in [2.75, 3.05) is 0 Å². The molecular weight excluding hydrogens is 597 g/mol. The van der Waals surface area contributed by atoms with E-state index in [2.05, 4.69) is 121 Å². The molecule has 0 N–H and O–H groups in total. The second kappa shape index (κ2) is 11.4. The molecule has 3 heteroatoms. The number of rotatable bonds is 6. The Morgan fingerprint density at radius 1 is 0.490 bits per heavy atom. The van der Waals surface area contributed by atoms with E-state index in [1.54, 1.807) is 6.39 Å². The number of oxazole rings is 1. The number of benzene rings is 5. The van der Waals surface area contributed by atoms with Crippen molar-refractivity contribution in [1.29, 1.82) is 0 Å². The summed E-state index contributed by atoms with van der Waals surface area (Å²) in [5.41, 5.74) is 14.9. The zero-order valence-corrected chi connectivity index (χ0v) is 27.6. The Balaban J connectivity index is 0.946. The van der Waals surface area contributed by atoms with E-state index < -0.39 is 0 Å². The summed E-state index contributed by atoms with van der Waals surface area (Å²) in [6.45, 7) is 0. The van der Waals surface area contributed by atoms with E-state index in [1.165, 1.54) is 66.3 Å². The van der Waals surface area contributed by atoms with Crippen molar-refractivity contribution in [2.24, 2.45) is 17.8 Å². The van der Waals surface area contributed by atoms with E-state index in [0.717, 1.165) is 62.5 Å². The molecule has 0 atom stereocenters. The molecule has 0 unspecified atom stereocenters. The van der Waals surface area contributed by atoms with Gasteiger partial charge in [0.25, 0.3) is 0 Å². The average Bonchev–Trinajstić information content (AvgIpc) is 3.65. The molecule has 0 radical (unpaired) electrons. The average molecular weight is 635 g/mol. The van der Waals surface area contributed by atoms with Crippen LogP contribution in [-0.4, -0.2) is 9.97 Å². The SMILES string of the molecule is c1ccc(-c2cc(-c3ccc(-c4ccc(-c5ccc(C67CC8CC(CC(C8)C6)C7)c6ocnc56)cc4)cc3)cc(-c3ccccc3)n2)cc1. The second-order valence-electron chi connectivity index (χ2n) is 14.9. The molecule has 4 bridgehead atoms. The molecule has 0 saturated heterocycles. The van der Waals surface area contributed by atoms with Crippen LogP contribution in [-0.2, 0) is 5.41 Å². The molecule has 7 aromatic rings. The maximum atomic E-state index is 6.19. The molecule has 0 spiro atoms. The van der Waals surface area contributed by atoms with E-state index in [4.69, 9.17) is 14.4 Å². The van der Waals surface area contributed by atoms with E-state index in [1.807, 2.05) is 12.1 Å². The lowest BCUT2D eigenvalue weighted by atomic mass is 9.48. The molecular formula is C46H38N2O. The van der Waals surface area contributed by atoms with Gasteiger partial charge in [-0.15, -0.1) is 0 Å². The van der Waals surface area contributed by atoms with E-state index in [9.17, 15) is 0 Å². The first-order valence-corrected chi connectivity index (χ1v) is 17.9. The van der Waals surface area contributed by atoms with Crippen LogP contribution in [0.3, 0.4) is 0 Å². The zero-order chi connectivity index (χ0) is 32.4. The molecule has 49 heavy (non-hydrogen) atoms. The molecule has 4 fully saturated rings. The Hall–Kier alpha value is -5.28. The molecule has 5 aromatic carbocycles. The third-order valence-electron chi connectivity index (χ3n) is 11.8. The lowest BCUT2D eigenvalue weighted by molar-refractivity contribution is -0.00487. The molecule has 2 aromatic heterocycles. The molecule has 4 aliphatic carbocycles. The van der Waals surface area contributed by atoms with Gasteiger partial charge in [0.15, 0.2) is 12.0 Å². The normalized spacial score (nSPS) is 22.5. The minimum Gasteiger partial charge on any atom is -0.443 e. The first-order chi connectivity index (χ1) is 24.2. The fourth-order valence-corrected chi connectivity index (χ4v) is 9.95. The summed E-state index contributed by atoms with van der Waals surface area (Å²) in [7, 11) is 0. The van der Waals surface area contributed by atoms with Gasteiger partial charge in [-0.2, -0.15) is 0 Å². The fourth-order valence-electron chi connectivity index (χ4n) is 9.95. The van der Waals surface area contributed by atoms with Crippen molar-refractivity contribution in [3.8, 4) is 55.9 Å². The number of aromatic nitrogens is 2. The summed E-state index contributed by atoms with van der Waals surface area (Å²) in [5, 5.41) is 0. The monoisotopic (exact) mass is 634 g/mol. The first kappa shape index (κ1) is 28.7. The number of pyridine rings is 1. The van der Waals surface area contributed by atoms with Crippen molar-refractivity contribution in [2.45, 2.75) is 43.9 Å². The Bertz CT molecular complexity index is 2190. The van der Waals surface area contributed by atoms with Crippen molar-refractivity contribution in [3.05, 3.63) is 145 Å². The van der Waals surface area contributed by atoms with Crippen LogP contribution in [0.25, 0.3) is 67.0 Å². The number of fused-ring (bicyclic) bond motifs is 1. The Morgan fingerprint density at radius 2 is 0.980 bits per heavy atom.